The fourth-order valence-electron chi connectivity index (χ4n) is 1.78. The average Bonchev–Trinajstić information content (AvgIpc) is 2.45. The molecule has 0 fully saturated rings. The second kappa shape index (κ2) is 7.17. The van der Waals surface area contributed by atoms with Crippen LogP contribution in [0.2, 0.25) is 15.1 Å². The molecule has 0 aromatic heterocycles. The van der Waals surface area contributed by atoms with Crippen LogP contribution >= 0.6 is 34.8 Å². The Labute approximate surface area is 146 Å². The van der Waals surface area contributed by atoms with Gasteiger partial charge in [-0.05, 0) is 30.3 Å². The van der Waals surface area contributed by atoms with Gasteiger partial charge in [0.25, 0.3) is 5.91 Å². The number of anilines is 2. The highest BCUT2D eigenvalue weighted by molar-refractivity contribution is 6.37. The van der Waals surface area contributed by atoms with Crippen LogP contribution in [0.5, 0.6) is 0 Å². The lowest BCUT2D eigenvalue weighted by molar-refractivity contribution is -0.114. The Morgan fingerprint density at radius 2 is 1.65 bits per heavy atom. The highest BCUT2D eigenvalue weighted by atomic mass is 35.5. The summed E-state index contributed by atoms with van der Waals surface area (Å²) in [7, 11) is 0. The number of halogens is 4. The van der Waals surface area contributed by atoms with Crippen LogP contribution in [0.15, 0.2) is 30.3 Å². The molecule has 23 heavy (non-hydrogen) atoms. The van der Waals surface area contributed by atoms with E-state index in [9.17, 15) is 14.0 Å². The topological polar surface area (TPSA) is 58.2 Å². The van der Waals surface area contributed by atoms with Crippen molar-refractivity contribution >= 4 is 58.0 Å². The monoisotopic (exact) mass is 374 g/mol. The number of hydrogen-bond donors (Lipinski definition) is 2. The van der Waals surface area contributed by atoms with Crippen LogP contribution in [0.4, 0.5) is 15.8 Å². The van der Waals surface area contributed by atoms with Crippen LogP contribution in [-0.2, 0) is 4.79 Å². The first kappa shape index (κ1) is 17.5. The molecule has 2 amide bonds. The first-order valence-electron chi connectivity index (χ1n) is 6.31. The molecular formula is C15H10Cl3FN2O2. The lowest BCUT2D eigenvalue weighted by Gasteiger charge is -2.10. The molecule has 2 aromatic rings. The Balaban J connectivity index is 2.22. The lowest BCUT2D eigenvalue weighted by atomic mass is 10.2. The van der Waals surface area contributed by atoms with E-state index in [0.29, 0.717) is 11.4 Å². The maximum absolute atomic E-state index is 13.5. The zero-order chi connectivity index (χ0) is 17.1. The van der Waals surface area contributed by atoms with E-state index in [4.69, 9.17) is 34.8 Å². The summed E-state index contributed by atoms with van der Waals surface area (Å²) >= 11 is 17.5. The van der Waals surface area contributed by atoms with Gasteiger partial charge >= 0.3 is 0 Å². The Morgan fingerprint density at radius 3 is 2.26 bits per heavy atom. The number of carbonyl (C=O) groups is 2. The van der Waals surface area contributed by atoms with E-state index in [-0.39, 0.29) is 26.5 Å². The summed E-state index contributed by atoms with van der Waals surface area (Å²) in [5, 5.41) is 5.17. The Kier molecular flexibility index (Phi) is 5.46. The summed E-state index contributed by atoms with van der Waals surface area (Å²) in [5.74, 6) is -1.64. The van der Waals surface area contributed by atoms with E-state index in [1.165, 1.54) is 25.1 Å². The summed E-state index contributed by atoms with van der Waals surface area (Å²) in [6.07, 6.45) is 0. The van der Waals surface area contributed by atoms with Gasteiger partial charge in [-0.3, -0.25) is 9.59 Å². The van der Waals surface area contributed by atoms with E-state index in [0.717, 1.165) is 12.1 Å². The van der Waals surface area contributed by atoms with Crippen molar-refractivity contribution in [1.82, 2.24) is 0 Å². The van der Waals surface area contributed by atoms with Crippen molar-refractivity contribution in [2.75, 3.05) is 10.6 Å². The third-order valence-electron chi connectivity index (χ3n) is 2.79. The molecule has 0 aliphatic carbocycles. The molecular weight excluding hydrogens is 366 g/mol. The van der Waals surface area contributed by atoms with Gasteiger partial charge in [0.1, 0.15) is 5.82 Å². The van der Waals surface area contributed by atoms with Crippen LogP contribution in [0.1, 0.15) is 17.3 Å². The van der Waals surface area contributed by atoms with Crippen LogP contribution in [0, 0.1) is 5.82 Å². The average molecular weight is 376 g/mol. The first-order chi connectivity index (χ1) is 10.8. The second-order valence-corrected chi connectivity index (χ2v) is 5.80. The molecule has 2 rings (SSSR count). The Hall–Kier alpha value is -1.82. The third kappa shape index (κ3) is 4.34. The normalized spacial score (nSPS) is 10.3. The molecule has 0 saturated carbocycles. The van der Waals surface area contributed by atoms with Gasteiger partial charge in [-0.1, -0.05) is 34.8 Å². The lowest BCUT2D eigenvalue weighted by Crippen LogP contribution is -2.13. The highest BCUT2D eigenvalue weighted by Crippen LogP contribution is 2.28. The Morgan fingerprint density at radius 1 is 0.957 bits per heavy atom. The number of rotatable bonds is 3. The molecule has 0 aliphatic rings. The van der Waals surface area contributed by atoms with Crippen molar-refractivity contribution < 1.29 is 14.0 Å². The van der Waals surface area contributed by atoms with Crippen molar-refractivity contribution in [1.29, 1.82) is 0 Å². The molecule has 0 heterocycles. The fraction of sp³-hybridized carbons (Fsp3) is 0.0667. The zero-order valence-electron chi connectivity index (χ0n) is 11.7. The SMILES string of the molecule is CC(=O)Nc1ccc(NC(=O)c2cc(F)c(Cl)cc2Cl)cc1Cl. The van der Waals surface area contributed by atoms with Gasteiger partial charge in [0.05, 0.1) is 26.3 Å². The van der Waals surface area contributed by atoms with Crippen molar-refractivity contribution in [3.05, 3.63) is 56.8 Å². The quantitative estimate of drug-likeness (QED) is 0.742. The minimum atomic E-state index is -0.750. The number of carbonyl (C=O) groups excluding carboxylic acids is 2. The maximum atomic E-state index is 13.5. The predicted octanol–water partition coefficient (Wildman–Crippen LogP) is 5.00. The van der Waals surface area contributed by atoms with Crippen molar-refractivity contribution in [2.24, 2.45) is 0 Å². The van der Waals surface area contributed by atoms with Gasteiger partial charge < -0.3 is 10.6 Å². The van der Waals surface area contributed by atoms with E-state index in [2.05, 4.69) is 10.6 Å². The molecule has 2 aromatic carbocycles. The highest BCUT2D eigenvalue weighted by Gasteiger charge is 2.15. The molecule has 0 aliphatic heterocycles. The fourth-order valence-corrected chi connectivity index (χ4v) is 2.48. The summed E-state index contributed by atoms with van der Waals surface area (Å²) in [6.45, 7) is 1.35. The predicted molar refractivity (Wildman–Crippen MR) is 90.1 cm³/mol. The van der Waals surface area contributed by atoms with E-state index < -0.39 is 11.7 Å². The molecule has 2 N–H and O–H groups in total. The summed E-state index contributed by atoms with van der Waals surface area (Å²) < 4.78 is 13.5. The number of amides is 2. The molecule has 0 spiro atoms. The van der Waals surface area contributed by atoms with Gasteiger partial charge in [0.2, 0.25) is 5.91 Å². The summed E-state index contributed by atoms with van der Waals surface area (Å²) in [6, 6.07) is 6.62. The minimum absolute atomic E-state index is 0.0230. The van der Waals surface area contributed by atoms with E-state index in [1.54, 1.807) is 0 Å². The number of hydrogen-bond acceptors (Lipinski definition) is 2. The summed E-state index contributed by atoms with van der Waals surface area (Å²) in [4.78, 5) is 23.2. The van der Waals surface area contributed by atoms with Crippen LogP contribution in [0.3, 0.4) is 0 Å². The number of benzene rings is 2. The van der Waals surface area contributed by atoms with Gasteiger partial charge in [-0.25, -0.2) is 4.39 Å². The molecule has 0 radical (unpaired) electrons. The van der Waals surface area contributed by atoms with Crippen molar-refractivity contribution in [2.45, 2.75) is 6.92 Å². The van der Waals surface area contributed by atoms with Crippen LogP contribution in [-0.4, -0.2) is 11.8 Å². The Bertz CT molecular complexity index is 797. The molecule has 0 atom stereocenters. The van der Waals surface area contributed by atoms with E-state index in [1.807, 2.05) is 0 Å². The largest absolute Gasteiger partial charge is 0.325 e. The molecule has 8 heteroatoms. The van der Waals surface area contributed by atoms with Crippen molar-refractivity contribution in [3.8, 4) is 0 Å². The molecule has 4 nitrogen and oxygen atoms in total. The minimum Gasteiger partial charge on any atom is -0.325 e. The standard InChI is InChI=1S/C15H10Cl3FN2O2/c1-7(22)20-14-3-2-8(4-12(14)18)21-15(23)9-5-13(19)11(17)6-10(9)16/h2-6H,1H3,(H,20,22)(H,21,23). The molecule has 0 unspecified atom stereocenters. The third-order valence-corrected chi connectivity index (χ3v) is 3.71. The first-order valence-corrected chi connectivity index (χ1v) is 7.44. The smallest absolute Gasteiger partial charge is 0.257 e. The molecule has 0 bridgehead atoms. The molecule has 0 saturated heterocycles. The van der Waals surface area contributed by atoms with Gasteiger partial charge in [-0.2, -0.15) is 0 Å². The van der Waals surface area contributed by atoms with Gasteiger partial charge in [0, 0.05) is 12.6 Å². The maximum Gasteiger partial charge on any atom is 0.257 e. The van der Waals surface area contributed by atoms with Crippen LogP contribution in [0.25, 0.3) is 0 Å². The number of nitrogens with one attached hydrogen (secondary N) is 2. The van der Waals surface area contributed by atoms with Crippen LogP contribution < -0.4 is 10.6 Å². The van der Waals surface area contributed by atoms with Gasteiger partial charge in [0.15, 0.2) is 0 Å². The van der Waals surface area contributed by atoms with E-state index >= 15 is 0 Å². The van der Waals surface area contributed by atoms with Gasteiger partial charge in [-0.15, -0.1) is 0 Å². The van der Waals surface area contributed by atoms with Crippen molar-refractivity contribution in [3.63, 3.8) is 0 Å². The molecule has 120 valence electrons. The summed E-state index contributed by atoms with van der Waals surface area (Å²) in [5.41, 5.74) is 0.712. The second-order valence-electron chi connectivity index (χ2n) is 4.58. The zero-order valence-corrected chi connectivity index (χ0v) is 14.0.